The molecule has 0 bridgehead atoms. The van der Waals surface area contributed by atoms with E-state index in [1.165, 1.54) is 33.5 Å². The minimum absolute atomic E-state index is 0.169. The highest BCUT2D eigenvalue weighted by molar-refractivity contribution is 5.53. The van der Waals surface area contributed by atoms with Gasteiger partial charge < -0.3 is 19.3 Å². The van der Waals surface area contributed by atoms with Crippen molar-refractivity contribution in [3.8, 4) is 17.2 Å². The van der Waals surface area contributed by atoms with Crippen LogP contribution in [0.15, 0.2) is 36.4 Å². The van der Waals surface area contributed by atoms with Gasteiger partial charge >= 0.3 is 0 Å². The van der Waals surface area contributed by atoms with E-state index < -0.39 is 11.9 Å². The van der Waals surface area contributed by atoms with Crippen LogP contribution in [-0.4, -0.2) is 26.4 Å². The fourth-order valence-electron chi connectivity index (χ4n) is 2.13. The summed E-state index contributed by atoms with van der Waals surface area (Å²) in [6.07, 6.45) is -1.17. The highest BCUT2D eigenvalue weighted by atomic mass is 19.1. The molecule has 1 unspecified atom stereocenters. The van der Waals surface area contributed by atoms with Crippen molar-refractivity contribution in [3.05, 3.63) is 53.3 Å². The van der Waals surface area contributed by atoms with Crippen LogP contribution in [0.1, 0.15) is 17.2 Å². The summed E-state index contributed by atoms with van der Waals surface area (Å²) in [5, 5.41) is 10.5. The second-order valence-corrected chi connectivity index (χ2v) is 4.37. The molecule has 0 radical (unpaired) electrons. The molecule has 0 heterocycles. The van der Waals surface area contributed by atoms with Gasteiger partial charge in [-0.25, -0.2) is 4.39 Å². The molecule has 112 valence electrons. The first kappa shape index (κ1) is 15.1. The minimum atomic E-state index is -1.17. The largest absolute Gasteiger partial charge is 0.496 e. The maximum Gasteiger partial charge on any atom is 0.164 e. The summed E-state index contributed by atoms with van der Waals surface area (Å²) in [6.45, 7) is 0. The number of aliphatic hydroxyl groups excluding tert-OH is 1. The van der Waals surface area contributed by atoms with Crippen LogP contribution in [0.5, 0.6) is 17.2 Å². The van der Waals surface area contributed by atoms with Gasteiger partial charge in [0.25, 0.3) is 0 Å². The molecule has 0 amide bonds. The molecule has 0 aliphatic rings. The quantitative estimate of drug-likeness (QED) is 0.920. The summed E-state index contributed by atoms with van der Waals surface area (Å²) in [5.74, 6) is 0.813. The number of aliphatic hydroxyl groups is 1. The van der Waals surface area contributed by atoms with E-state index in [1.807, 2.05) is 0 Å². The maximum atomic E-state index is 13.8. The van der Waals surface area contributed by atoms with Crippen molar-refractivity contribution >= 4 is 0 Å². The monoisotopic (exact) mass is 292 g/mol. The second-order valence-electron chi connectivity index (χ2n) is 4.37. The van der Waals surface area contributed by atoms with E-state index in [2.05, 4.69) is 0 Å². The zero-order valence-corrected chi connectivity index (χ0v) is 12.1. The molecule has 1 N–H and O–H groups in total. The molecule has 2 aromatic carbocycles. The van der Waals surface area contributed by atoms with Crippen molar-refractivity contribution in [3.63, 3.8) is 0 Å². The van der Waals surface area contributed by atoms with Gasteiger partial charge in [-0.3, -0.25) is 0 Å². The van der Waals surface area contributed by atoms with Crippen molar-refractivity contribution in [1.29, 1.82) is 0 Å². The molecule has 0 saturated heterocycles. The molecular weight excluding hydrogens is 275 g/mol. The van der Waals surface area contributed by atoms with Gasteiger partial charge in [-0.15, -0.1) is 0 Å². The van der Waals surface area contributed by atoms with Crippen LogP contribution in [0.3, 0.4) is 0 Å². The molecule has 0 aliphatic heterocycles. The van der Waals surface area contributed by atoms with Gasteiger partial charge in [0.1, 0.15) is 17.7 Å². The van der Waals surface area contributed by atoms with Crippen LogP contribution in [0.25, 0.3) is 0 Å². The fourth-order valence-corrected chi connectivity index (χ4v) is 2.13. The Hall–Kier alpha value is -2.27. The first-order valence-electron chi connectivity index (χ1n) is 6.34. The third-order valence-corrected chi connectivity index (χ3v) is 3.23. The van der Waals surface area contributed by atoms with Gasteiger partial charge in [0, 0.05) is 17.2 Å². The molecule has 0 aromatic heterocycles. The van der Waals surface area contributed by atoms with Crippen LogP contribution >= 0.6 is 0 Å². The molecule has 0 fully saturated rings. The van der Waals surface area contributed by atoms with Gasteiger partial charge in [-0.05, 0) is 12.1 Å². The number of methoxy groups -OCH3 is 3. The summed E-state index contributed by atoms with van der Waals surface area (Å²) < 4.78 is 29.5. The third kappa shape index (κ3) is 2.92. The van der Waals surface area contributed by atoms with Crippen molar-refractivity contribution in [2.45, 2.75) is 6.10 Å². The van der Waals surface area contributed by atoms with Gasteiger partial charge in [-0.1, -0.05) is 18.2 Å². The Morgan fingerprint density at radius 3 is 2.00 bits per heavy atom. The van der Waals surface area contributed by atoms with Crippen LogP contribution in [0.2, 0.25) is 0 Å². The number of benzene rings is 2. The van der Waals surface area contributed by atoms with Gasteiger partial charge in [0.2, 0.25) is 0 Å². The highest BCUT2D eigenvalue weighted by Crippen LogP contribution is 2.39. The van der Waals surface area contributed by atoms with Gasteiger partial charge in [0.05, 0.1) is 21.3 Å². The lowest BCUT2D eigenvalue weighted by Crippen LogP contribution is -2.06. The number of ether oxygens (including phenoxy) is 3. The van der Waals surface area contributed by atoms with E-state index in [4.69, 9.17) is 14.2 Å². The van der Waals surface area contributed by atoms with E-state index in [1.54, 1.807) is 24.3 Å². The van der Waals surface area contributed by atoms with Crippen LogP contribution in [-0.2, 0) is 0 Å². The van der Waals surface area contributed by atoms with E-state index in [0.717, 1.165) is 0 Å². The summed E-state index contributed by atoms with van der Waals surface area (Å²) in [6, 6.07) is 9.22. The van der Waals surface area contributed by atoms with Crippen molar-refractivity contribution in [2.75, 3.05) is 21.3 Å². The lowest BCUT2D eigenvalue weighted by Gasteiger charge is -2.18. The molecule has 0 aliphatic carbocycles. The average Bonchev–Trinajstić information content (AvgIpc) is 2.53. The maximum absolute atomic E-state index is 13.8. The van der Waals surface area contributed by atoms with E-state index in [-0.39, 0.29) is 5.56 Å². The van der Waals surface area contributed by atoms with E-state index in [9.17, 15) is 9.50 Å². The first-order chi connectivity index (χ1) is 10.1. The smallest absolute Gasteiger partial charge is 0.164 e. The van der Waals surface area contributed by atoms with Crippen LogP contribution in [0.4, 0.5) is 4.39 Å². The average molecular weight is 292 g/mol. The van der Waals surface area contributed by atoms with Gasteiger partial charge in [0.15, 0.2) is 11.5 Å². The summed E-state index contributed by atoms with van der Waals surface area (Å²) >= 11 is 0. The summed E-state index contributed by atoms with van der Waals surface area (Å²) in [4.78, 5) is 0. The number of hydrogen-bond acceptors (Lipinski definition) is 4. The number of halogens is 1. The Balaban J connectivity index is 2.54. The Bertz CT molecular complexity index is 628. The van der Waals surface area contributed by atoms with Gasteiger partial charge in [-0.2, -0.15) is 0 Å². The lowest BCUT2D eigenvalue weighted by molar-refractivity contribution is 0.208. The minimum Gasteiger partial charge on any atom is -0.496 e. The number of hydrogen-bond donors (Lipinski definition) is 1. The normalized spacial score (nSPS) is 11.9. The molecule has 0 spiro atoms. The van der Waals surface area contributed by atoms with E-state index >= 15 is 0 Å². The fraction of sp³-hybridized carbons (Fsp3) is 0.250. The summed E-state index contributed by atoms with van der Waals surface area (Å²) in [7, 11) is 4.46. The molecule has 21 heavy (non-hydrogen) atoms. The second kappa shape index (κ2) is 6.45. The van der Waals surface area contributed by atoms with Crippen LogP contribution < -0.4 is 14.2 Å². The topological polar surface area (TPSA) is 47.9 Å². The lowest BCUT2D eigenvalue weighted by atomic mass is 9.99. The molecule has 2 aromatic rings. The standard InChI is InChI=1S/C16H17FO4/c1-19-13-9-15(21-3)14(20-2)8-11(13)16(18)10-6-4-5-7-12(10)17/h4-9,16,18H,1-3H3. The van der Waals surface area contributed by atoms with Crippen molar-refractivity contribution < 1.29 is 23.7 Å². The Morgan fingerprint density at radius 2 is 1.43 bits per heavy atom. The number of rotatable bonds is 5. The first-order valence-corrected chi connectivity index (χ1v) is 6.34. The Kier molecular flexibility index (Phi) is 4.65. The molecule has 2 rings (SSSR count). The Labute approximate surface area is 122 Å². The highest BCUT2D eigenvalue weighted by Gasteiger charge is 2.21. The Morgan fingerprint density at radius 1 is 0.857 bits per heavy atom. The molecular formula is C16H17FO4. The molecule has 5 heteroatoms. The van der Waals surface area contributed by atoms with Crippen molar-refractivity contribution in [1.82, 2.24) is 0 Å². The zero-order valence-electron chi connectivity index (χ0n) is 12.1. The third-order valence-electron chi connectivity index (χ3n) is 3.23. The molecule has 4 nitrogen and oxygen atoms in total. The SMILES string of the molecule is COc1cc(OC)c(C(O)c2ccccc2F)cc1OC. The predicted octanol–water partition coefficient (Wildman–Crippen LogP) is 2.93. The molecule has 0 saturated carbocycles. The molecule has 1 atom stereocenters. The predicted molar refractivity (Wildman–Crippen MR) is 76.6 cm³/mol. The van der Waals surface area contributed by atoms with Crippen LogP contribution in [0, 0.1) is 5.82 Å². The zero-order chi connectivity index (χ0) is 15.4. The van der Waals surface area contributed by atoms with E-state index in [0.29, 0.717) is 22.8 Å². The van der Waals surface area contributed by atoms with Crippen molar-refractivity contribution in [2.24, 2.45) is 0 Å². The summed E-state index contributed by atoms with van der Waals surface area (Å²) in [5.41, 5.74) is 0.572.